The Morgan fingerprint density at radius 2 is 2.05 bits per heavy atom. The molecule has 0 aromatic heterocycles. The normalized spacial score (nSPS) is 18.7. The molecule has 0 saturated heterocycles. The minimum Gasteiger partial charge on any atom is -0.463 e. The number of hydrogen-bond acceptors (Lipinski definition) is 3. The van der Waals surface area contributed by atoms with Crippen LogP contribution in [0.3, 0.4) is 0 Å². The summed E-state index contributed by atoms with van der Waals surface area (Å²) in [4.78, 5) is 12.2. The lowest BCUT2D eigenvalue weighted by molar-refractivity contribution is -0.139. The first-order valence-corrected chi connectivity index (χ1v) is 6.83. The van der Waals surface area contributed by atoms with Crippen molar-refractivity contribution in [2.75, 3.05) is 13.2 Å². The van der Waals surface area contributed by atoms with E-state index in [1.54, 1.807) is 0 Å². The van der Waals surface area contributed by atoms with Crippen LogP contribution in [0.25, 0.3) is 0 Å². The highest BCUT2D eigenvalue weighted by Crippen LogP contribution is 2.36. The molecule has 0 fully saturated rings. The number of benzene rings is 1. The molecule has 3 nitrogen and oxygen atoms in total. The first-order chi connectivity index (χ1) is 9.27. The molecule has 0 spiro atoms. The van der Waals surface area contributed by atoms with Crippen molar-refractivity contribution in [3.8, 4) is 0 Å². The monoisotopic (exact) mass is 260 g/mol. The van der Waals surface area contributed by atoms with Gasteiger partial charge in [-0.05, 0) is 24.5 Å². The number of carbonyl (C=O) groups excluding carboxylic acids is 1. The smallest absolute Gasteiger partial charge is 0.337 e. The molecular weight excluding hydrogens is 240 g/mol. The summed E-state index contributed by atoms with van der Waals surface area (Å²) < 4.78 is 11.0. The predicted octanol–water partition coefficient (Wildman–Crippen LogP) is 3.42. The number of esters is 1. The van der Waals surface area contributed by atoms with Crippen molar-refractivity contribution in [3.05, 3.63) is 47.0 Å². The van der Waals surface area contributed by atoms with E-state index in [1.165, 1.54) is 0 Å². The lowest BCUT2D eigenvalue weighted by Gasteiger charge is -2.14. The van der Waals surface area contributed by atoms with E-state index in [9.17, 15) is 4.79 Å². The van der Waals surface area contributed by atoms with Gasteiger partial charge in [0.15, 0.2) is 0 Å². The highest BCUT2D eigenvalue weighted by Gasteiger charge is 2.32. The maximum atomic E-state index is 12.2. The lowest BCUT2D eigenvalue weighted by Crippen LogP contribution is -2.14. The van der Waals surface area contributed by atoms with Crippen molar-refractivity contribution in [2.45, 2.75) is 32.8 Å². The summed E-state index contributed by atoms with van der Waals surface area (Å²) in [6.45, 7) is 4.85. The molecule has 1 aliphatic rings. The molecule has 1 heterocycles. The fourth-order valence-electron chi connectivity index (χ4n) is 2.39. The molecule has 1 unspecified atom stereocenters. The zero-order valence-corrected chi connectivity index (χ0v) is 11.5. The van der Waals surface area contributed by atoms with Crippen LogP contribution in [0.4, 0.5) is 0 Å². The summed E-state index contributed by atoms with van der Waals surface area (Å²) in [6.07, 6.45) is 1.61. The fourth-order valence-corrected chi connectivity index (χ4v) is 2.39. The topological polar surface area (TPSA) is 35.5 Å². The summed E-state index contributed by atoms with van der Waals surface area (Å²) in [5, 5.41) is 0. The number of carbonyl (C=O) groups is 1. The Hall–Kier alpha value is -1.61. The molecule has 0 N–H and O–H groups in total. The van der Waals surface area contributed by atoms with Crippen LogP contribution in [0, 0.1) is 0 Å². The van der Waals surface area contributed by atoms with Gasteiger partial charge in [0.2, 0.25) is 0 Å². The van der Waals surface area contributed by atoms with Gasteiger partial charge < -0.3 is 9.47 Å². The van der Waals surface area contributed by atoms with E-state index in [0.29, 0.717) is 18.8 Å². The zero-order valence-electron chi connectivity index (χ0n) is 11.5. The standard InChI is InChI=1S/C16H20O3/c1-3-8-13-11-19-15(12-9-6-5-7-10-12)14(13)16(17)18-4-2/h5-7,9-10,15H,3-4,8,11H2,1-2H3. The van der Waals surface area contributed by atoms with Crippen molar-refractivity contribution in [2.24, 2.45) is 0 Å². The first-order valence-electron chi connectivity index (χ1n) is 6.83. The molecule has 19 heavy (non-hydrogen) atoms. The van der Waals surface area contributed by atoms with Crippen LogP contribution in [0.1, 0.15) is 38.4 Å². The second kappa shape index (κ2) is 6.53. The quantitative estimate of drug-likeness (QED) is 0.761. The van der Waals surface area contributed by atoms with E-state index < -0.39 is 0 Å². The number of ether oxygens (including phenoxy) is 2. The third-order valence-corrected chi connectivity index (χ3v) is 3.22. The highest BCUT2D eigenvalue weighted by atomic mass is 16.5. The molecule has 0 saturated carbocycles. The Bertz CT molecular complexity index is 462. The third-order valence-electron chi connectivity index (χ3n) is 3.22. The SMILES string of the molecule is CCCC1=C(C(=O)OCC)C(c2ccccc2)OC1. The molecule has 1 aromatic rings. The molecule has 1 aromatic carbocycles. The van der Waals surface area contributed by atoms with Crippen LogP contribution >= 0.6 is 0 Å². The molecule has 0 aliphatic carbocycles. The molecule has 0 amide bonds. The fraction of sp³-hybridized carbons (Fsp3) is 0.438. The summed E-state index contributed by atoms with van der Waals surface area (Å²) in [7, 11) is 0. The Labute approximate surface area is 114 Å². The van der Waals surface area contributed by atoms with Crippen molar-refractivity contribution in [1.82, 2.24) is 0 Å². The summed E-state index contributed by atoms with van der Waals surface area (Å²) in [5.41, 5.74) is 2.79. The van der Waals surface area contributed by atoms with E-state index in [0.717, 1.165) is 24.0 Å². The number of hydrogen-bond donors (Lipinski definition) is 0. The molecule has 2 rings (SSSR count). The van der Waals surface area contributed by atoms with Crippen LogP contribution in [0.2, 0.25) is 0 Å². The Balaban J connectivity index is 2.31. The van der Waals surface area contributed by atoms with Crippen LogP contribution in [-0.2, 0) is 14.3 Å². The van der Waals surface area contributed by atoms with Crippen LogP contribution in [0.5, 0.6) is 0 Å². The van der Waals surface area contributed by atoms with Gasteiger partial charge in [0, 0.05) is 0 Å². The summed E-state index contributed by atoms with van der Waals surface area (Å²) in [6, 6.07) is 9.84. The maximum Gasteiger partial charge on any atom is 0.337 e. The average molecular weight is 260 g/mol. The molecule has 0 bridgehead atoms. The minimum absolute atomic E-state index is 0.239. The second-order valence-electron chi connectivity index (χ2n) is 4.59. The molecule has 1 atom stereocenters. The summed E-state index contributed by atoms with van der Waals surface area (Å²) in [5.74, 6) is -0.239. The molecule has 1 aliphatic heterocycles. The van der Waals surface area contributed by atoms with Gasteiger partial charge in [-0.2, -0.15) is 0 Å². The first kappa shape index (κ1) is 13.8. The van der Waals surface area contributed by atoms with E-state index in [4.69, 9.17) is 9.47 Å². The van der Waals surface area contributed by atoms with Gasteiger partial charge in [0.25, 0.3) is 0 Å². The largest absolute Gasteiger partial charge is 0.463 e. The maximum absolute atomic E-state index is 12.2. The Morgan fingerprint density at radius 1 is 1.32 bits per heavy atom. The van der Waals surface area contributed by atoms with Crippen LogP contribution < -0.4 is 0 Å². The van der Waals surface area contributed by atoms with Gasteiger partial charge in [-0.3, -0.25) is 0 Å². The van der Waals surface area contributed by atoms with E-state index in [-0.39, 0.29) is 12.1 Å². The van der Waals surface area contributed by atoms with Crippen molar-refractivity contribution in [1.29, 1.82) is 0 Å². The molecule has 0 radical (unpaired) electrons. The lowest BCUT2D eigenvalue weighted by atomic mass is 9.97. The summed E-state index contributed by atoms with van der Waals surface area (Å²) >= 11 is 0. The minimum atomic E-state index is -0.276. The van der Waals surface area contributed by atoms with Crippen molar-refractivity contribution < 1.29 is 14.3 Å². The van der Waals surface area contributed by atoms with E-state index in [2.05, 4.69) is 6.92 Å². The van der Waals surface area contributed by atoms with Crippen LogP contribution in [0.15, 0.2) is 41.5 Å². The molecule has 3 heteroatoms. The van der Waals surface area contributed by atoms with Crippen LogP contribution in [-0.4, -0.2) is 19.2 Å². The van der Waals surface area contributed by atoms with Gasteiger partial charge in [-0.1, -0.05) is 43.7 Å². The van der Waals surface area contributed by atoms with Crippen molar-refractivity contribution >= 4 is 5.97 Å². The predicted molar refractivity (Wildman–Crippen MR) is 73.7 cm³/mol. The highest BCUT2D eigenvalue weighted by molar-refractivity contribution is 5.91. The van der Waals surface area contributed by atoms with Gasteiger partial charge >= 0.3 is 5.97 Å². The van der Waals surface area contributed by atoms with E-state index >= 15 is 0 Å². The van der Waals surface area contributed by atoms with Crippen molar-refractivity contribution in [3.63, 3.8) is 0 Å². The van der Waals surface area contributed by atoms with E-state index in [1.807, 2.05) is 37.3 Å². The van der Waals surface area contributed by atoms with Gasteiger partial charge in [-0.25, -0.2) is 4.79 Å². The number of rotatable bonds is 5. The molecular formula is C16H20O3. The Morgan fingerprint density at radius 3 is 2.68 bits per heavy atom. The zero-order chi connectivity index (χ0) is 13.7. The van der Waals surface area contributed by atoms with Gasteiger partial charge in [-0.15, -0.1) is 0 Å². The van der Waals surface area contributed by atoms with Gasteiger partial charge in [0.1, 0.15) is 6.10 Å². The third kappa shape index (κ3) is 3.04. The average Bonchev–Trinajstić information content (AvgIpc) is 2.84. The Kier molecular flexibility index (Phi) is 4.74. The molecule has 102 valence electrons. The van der Waals surface area contributed by atoms with Gasteiger partial charge in [0.05, 0.1) is 18.8 Å². The second-order valence-corrected chi connectivity index (χ2v) is 4.59.